The van der Waals surface area contributed by atoms with Gasteiger partial charge in [0.1, 0.15) is 17.6 Å². The number of nitrogens with zero attached hydrogens (tertiary/aromatic N) is 1. The molecule has 7 heteroatoms. The van der Waals surface area contributed by atoms with Crippen LogP contribution in [0.2, 0.25) is 0 Å². The summed E-state index contributed by atoms with van der Waals surface area (Å²) in [5, 5.41) is 11.4. The molecule has 0 bridgehead atoms. The highest BCUT2D eigenvalue weighted by Crippen LogP contribution is 2.43. The summed E-state index contributed by atoms with van der Waals surface area (Å²) >= 11 is 0. The summed E-state index contributed by atoms with van der Waals surface area (Å²) in [6, 6.07) is 18.3. The van der Waals surface area contributed by atoms with Crippen LogP contribution in [0.4, 0.5) is 5.69 Å². The van der Waals surface area contributed by atoms with E-state index in [1.54, 1.807) is 36.4 Å². The van der Waals surface area contributed by atoms with Gasteiger partial charge < -0.3 is 14.6 Å². The van der Waals surface area contributed by atoms with Crippen LogP contribution in [-0.4, -0.2) is 36.0 Å². The first-order chi connectivity index (χ1) is 17.8. The number of hydrogen-bond acceptors (Lipinski definition) is 6. The van der Waals surface area contributed by atoms with Gasteiger partial charge in [0.15, 0.2) is 0 Å². The molecule has 2 unspecified atom stereocenters. The SMILES string of the molecule is CCc1ccc(C2/C(=C(/O)c3ccc4c(c3)CC(C)O4)C(=O)C(=O)N2c2cccc(C(=O)OC)c2)cc1. The van der Waals surface area contributed by atoms with Crippen LogP contribution in [-0.2, 0) is 27.2 Å². The monoisotopic (exact) mass is 497 g/mol. The average Bonchev–Trinajstić information content (AvgIpc) is 3.43. The molecule has 188 valence electrons. The summed E-state index contributed by atoms with van der Waals surface area (Å²) in [6.45, 7) is 4.01. The summed E-state index contributed by atoms with van der Waals surface area (Å²) in [4.78, 5) is 40.4. The van der Waals surface area contributed by atoms with Crippen molar-refractivity contribution >= 4 is 29.1 Å². The zero-order chi connectivity index (χ0) is 26.3. The number of benzene rings is 3. The van der Waals surface area contributed by atoms with Crippen LogP contribution >= 0.6 is 0 Å². The number of rotatable bonds is 5. The van der Waals surface area contributed by atoms with Gasteiger partial charge in [-0.15, -0.1) is 0 Å². The lowest BCUT2D eigenvalue weighted by atomic mass is 9.93. The molecule has 1 amide bonds. The second-order valence-corrected chi connectivity index (χ2v) is 9.26. The third-order valence-electron chi connectivity index (χ3n) is 6.86. The van der Waals surface area contributed by atoms with Crippen molar-refractivity contribution in [2.75, 3.05) is 12.0 Å². The number of hydrogen-bond donors (Lipinski definition) is 1. The predicted molar refractivity (Wildman–Crippen MR) is 139 cm³/mol. The van der Waals surface area contributed by atoms with Gasteiger partial charge in [0.05, 0.1) is 24.3 Å². The fraction of sp³-hybridized carbons (Fsp3) is 0.233. The molecule has 2 heterocycles. The first-order valence-electron chi connectivity index (χ1n) is 12.2. The van der Waals surface area contributed by atoms with Crippen molar-refractivity contribution in [3.8, 4) is 5.75 Å². The fourth-order valence-corrected chi connectivity index (χ4v) is 4.98. The molecule has 2 aliphatic heterocycles. The van der Waals surface area contributed by atoms with Crippen LogP contribution in [0.3, 0.4) is 0 Å². The van der Waals surface area contributed by atoms with E-state index < -0.39 is 23.7 Å². The van der Waals surface area contributed by atoms with Crippen molar-refractivity contribution in [3.63, 3.8) is 0 Å². The number of anilines is 1. The van der Waals surface area contributed by atoms with Gasteiger partial charge in [0.2, 0.25) is 0 Å². The Kier molecular flexibility index (Phi) is 6.29. The number of aryl methyl sites for hydroxylation is 1. The number of fused-ring (bicyclic) bond motifs is 1. The van der Waals surface area contributed by atoms with Gasteiger partial charge in [-0.1, -0.05) is 37.3 Å². The molecule has 3 aromatic rings. The first-order valence-corrected chi connectivity index (χ1v) is 12.2. The second-order valence-electron chi connectivity index (χ2n) is 9.26. The number of Topliss-reactive ketones (excluding diaryl/α,β-unsaturated/α-hetero) is 1. The number of aliphatic hydroxyl groups excluding tert-OH is 1. The average molecular weight is 498 g/mol. The number of ketones is 1. The van der Waals surface area contributed by atoms with E-state index in [2.05, 4.69) is 0 Å². The van der Waals surface area contributed by atoms with Crippen molar-refractivity contribution in [1.82, 2.24) is 0 Å². The van der Waals surface area contributed by atoms with Gasteiger partial charge in [0, 0.05) is 17.7 Å². The molecule has 7 nitrogen and oxygen atoms in total. The Labute approximate surface area is 214 Å². The molecule has 3 aromatic carbocycles. The third-order valence-corrected chi connectivity index (χ3v) is 6.86. The Morgan fingerprint density at radius 3 is 2.51 bits per heavy atom. The molecular weight excluding hydrogens is 470 g/mol. The number of esters is 1. The van der Waals surface area contributed by atoms with Gasteiger partial charge in [-0.3, -0.25) is 14.5 Å². The van der Waals surface area contributed by atoms with Gasteiger partial charge in [-0.25, -0.2) is 4.79 Å². The maximum Gasteiger partial charge on any atom is 0.337 e. The van der Waals surface area contributed by atoms with Crippen molar-refractivity contribution < 1.29 is 29.0 Å². The second kappa shape index (κ2) is 9.58. The Balaban J connectivity index is 1.68. The van der Waals surface area contributed by atoms with Gasteiger partial charge in [-0.05, 0) is 66.4 Å². The number of amides is 1. The van der Waals surface area contributed by atoms with Crippen molar-refractivity contribution in [2.24, 2.45) is 0 Å². The molecule has 2 atom stereocenters. The molecule has 0 aromatic heterocycles. The highest BCUT2D eigenvalue weighted by Gasteiger charge is 2.47. The van der Waals surface area contributed by atoms with Gasteiger partial charge in [-0.2, -0.15) is 0 Å². The molecule has 5 rings (SSSR count). The van der Waals surface area contributed by atoms with Crippen molar-refractivity contribution in [2.45, 2.75) is 38.8 Å². The van der Waals surface area contributed by atoms with Crippen LogP contribution in [0.15, 0.2) is 72.3 Å². The minimum atomic E-state index is -0.887. The Hall–Kier alpha value is -4.39. The summed E-state index contributed by atoms with van der Waals surface area (Å²) in [5.41, 5.74) is 3.72. The van der Waals surface area contributed by atoms with E-state index in [1.807, 2.05) is 38.1 Å². The van der Waals surface area contributed by atoms with Gasteiger partial charge in [0.25, 0.3) is 11.7 Å². The highest BCUT2D eigenvalue weighted by atomic mass is 16.5. The van der Waals surface area contributed by atoms with E-state index in [1.165, 1.54) is 18.1 Å². The standard InChI is InChI=1S/C30H27NO6/c1-4-18-8-10-19(11-9-18)26-25(27(32)20-12-13-24-22(15-20)14-17(2)37-24)28(33)29(34)31(26)23-7-5-6-21(16-23)30(35)36-3/h5-13,15-17,26,32H,4,14H2,1-3H3/b27-25-. The maximum absolute atomic E-state index is 13.4. The van der Waals surface area contributed by atoms with E-state index in [4.69, 9.17) is 9.47 Å². The summed E-state index contributed by atoms with van der Waals surface area (Å²) < 4.78 is 10.6. The van der Waals surface area contributed by atoms with E-state index >= 15 is 0 Å². The number of ether oxygens (including phenoxy) is 2. The van der Waals surface area contributed by atoms with E-state index in [-0.39, 0.29) is 23.0 Å². The molecule has 0 radical (unpaired) electrons. The molecule has 1 fully saturated rings. The molecule has 1 saturated heterocycles. The zero-order valence-electron chi connectivity index (χ0n) is 20.9. The lowest BCUT2D eigenvalue weighted by Crippen LogP contribution is -2.29. The van der Waals surface area contributed by atoms with Crippen LogP contribution in [0.1, 0.15) is 52.5 Å². The van der Waals surface area contributed by atoms with Crippen LogP contribution in [0.25, 0.3) is 5.76 Å². The predicted octanol–water partition coefficient (Wildman–Crippen LogP) is 4.99. The molecule has 37 heavy (non-hydrogen) atoms. The summed E-state index contributed by atoms with van der Waals surface area (Å²) in [5.74, 6) is -1.65. The Morgan fingerprint density at radius 1 is 1.05 bits per heavy atom. The van der Waals surface area contributed by atoms with E-state index in [0.29, 0.717) is 23.2 Å². The summed E-state index contributed by atoms with van der Waals surface area (Å²) in [6.07, 6.45) is 1.54. The molecular formula is C30H27NO6. The minimum Gasteiger partial charge on any atom is -0.507 e. The Morgan fingerprint density at radius 2 is 1.81 bits per heavy atom. The highest BCUT2D eigenvalue weighted by molar-refractivity contribution is 6.51. The number of methoxy groups -OCH3 is 1. The molecule has 0 aliphatic carbocycles. The van der Waals surface area contributed by atoms with Crippen LogP contribution in [0, 0.1) is 0 Å². The van der Waals surface area contributed by atoms with Gasteiger partial charge >= 0.3 is 5.97 Å². The fourth-order valence-electron chi connectivity index (χ4n) is 4.98. The number of carbonyl (C=O) groups excluding carboxylic acids is 3. The minimum absolute atomic E-state index is 0.00960. The number of carbonyl (C=O) groups is 3. The number of aliphatic hydroxyl groups is 1. The lowest BCUT2D eigenvalue weighted by Gasteiger charge is -2.26. The third kappa shape index (κ3) is 4.27. The van der Waals surface area contributed by atoms with E-state index in [0.717, 1.165) is 23.3 Å². The quantitative estimate of drug-likeness (QED) is 0.231. The van der Waals surface area contributed by atoms with Crippen LogP contribution < -0.4 is 9.64 Å². The Bertz CT molecular complexity index is 1440. The topological polar surface area (TPSA) is 93.1 Å². The molecule has 0 spiro atoms. The zero-order valence-corrected chi connectivity index (χ0v) is 20.9. The maximum atomic E-state index is 13.4. The van der Waals surface area contributed by atoms with Crippen molar-refractivity contribution in [3.05, 3.63) is 100 Å². The molecule has 2 aliphatic rings. The normalized spacial score (nSPS) is 20.0. The van der Waals surface area contributed by atoms with Crippen molar-refractivity contribution in [1.29, 1.82) is 0 Å². The first kappa shape index (κ1) is 24.3. The smallest absolute Gasteiger partial charge is 0.337 e. The molecule has 0 saturated carbocycles. The summed E-state index contributed by atoms with van der Waals surface area (Å²) in [7, 11) is 1.28. The lowest BCUT2D eigenvalue weighted by molar-refractivity contribution is -0.132. The largest absolute Gasteiger partial charge is 0.507 e. The van der Waals surface area contributed by atoms with E-state index in [9.17, 15) is 19.5 Å². The van der Waals surface area contributed by atoms with Crippen LogP contribution in [0.5, 0.6) is 5.75 Å². The molecule has 1 N–H and O–H groups in total.